The van der Waals surface area contributed by atoms with Gasteiger partial charge in [0.05, 0.1) is 5.03 Å². The highest BCUT2D eigenvalue weighted by Crippen LogP contribution is 2.18. The summed E-state index contributed by atoms with van der Waals surface area (Å²) in [5.41, 5.74) is 0. The number of likely N-dealkylation sites (tertiary alicyclic amines) is 1. The van der Waals surface area contributed by atoms with Crippen LogP contribution in [0.2, 0.25) is 0 Å². The molecule has 0 saturated carbocycles. The van der Waals surface area contributed by atoms with Crippen LogP contribution in [0.3, 0.4) is 0 Å². The highest BCUT2D eigenvalue weighted by molar-refractivity contribution is 6.41. The van der Waals surface area contributed by atoms with Gasteiger partial charge in [0, 0.05) is 19.7 Å². The first-order valence-electron chi connectivity index (χ1n) is 4.89. The smallest absolute Gasteiger partial charge is 0.264 e. The van der Waals surface area contributed by atoms with Crippen molar-refractivity contribution in [3.63, 3.8) is 0 Å². The molecule has 0 aliphatic carbocycles. The summed E-state index contributed by atoms with van der Waals surface area (Å²) in [6.07, 6.45) is 2.77. The number of amides is 1. The van der Waals surface area contributed by atoms with Crippen LogP contribution >= 0.6 is 11.6 Å². The monoisotopic (exact) mass is 217 g/mol. The van der Waals surface area contributed by atoms with Crippen molar-refractivity contribution in [2.45, 2.75) is 19.3 Å². The van der Waals surface area contributed by atoms with Crippen molar-refractivity contribution in [1.29, 1.82) is 0 Å². The number of aliphatic hydroxyl groups is 1. The minimum Gasteiger partial charge on any atom is -0.396 e. The van der Waals surface area contributed by atoms with Crippen molar-refractivity contribution in [3.8, 4) is 0 Å². The minimum absolute atomic E-state index is 0.0763. The number of halogens is 1. The second-order valence-electron chi connectivity index (χ2n) is 3.68. The first-order valence-corrected chi connectivity index (χ1v) is 5.27. The van der Waals surface area contributed by atoms with E-state index in [9.17, 15) is 4.79 Å². The van der Waals surface area contributed by atoms with Gasteiger partial charge in [-0.2, -0.15) is 0 Å². The normalized spacial score (nSPS) is 23.0. The van der Waals surface area contributed by atoms with E-state index in [1.165, 1.54) is 0 Å². The first-order chi connectivity index (χ1) is 6.65. The van der Waals surface area contributed by atoms with Crippen molar-refractivity contribution in [3.05, 3.63) is 11.6 Å². The summed E-state index contributed by atoms with van der Waals surface area (Å²) in [4.78, 5) is 13.2. The molecule has 1 amide bonds. The second-order valence-corrected chi connectivity index (χ2v) is 4.13. The average molecular weight is 218 g/mol. The Morgan fingerprint density at radius 2 is 2.21 bits per heavy atom. The number of hydrogen-bond donors (Lipinski definition) is 1. The van der Waals surface area contributed by atoms with Crippen molar-refractivity contribution < 1.29 is 9.90 Å². The van der Waals surface area contributed by atoms with E-state index in [-0.39, 0.29) is 17.5 Å². The highest BCUT2D eigenvalue weighted by Gasteiger charge is 2.20. The van der Waals surface area contributed by atoms with Crippen LogP contribution < -0.4 is 0 Å². The van der Waals surface area contributed by atoms with E-state index in [4.69, 9.17) is 16.7 Å². The Kier molecular flexibility index (Phi) is 4.42. The first kappa shape index (κ1) is 11.5. The molecule has 0 aromatic carbocycles. The van der Waals surface area contributed by atoms with Crippen LogP contribution in [-0.4, -0.2) is 35.6 Å². The van der Waals surface area contributed by atoms with E-state index >= 15 is 0 Å². The van der Waals surface area contributed by atoms with Crippen LogP contribution in [0.25, 0.3) is 0 Å². The number of rotatable bonds is 2. The molecule has 4 heteroatoms. The third kappa shape index (κ3) is 3.00. The molecule has 3 nitrogen and oxygen atoms in total. The van der Waals surface area contributed by atoms with E-state index in [1.54, 1.807) is 4.90 Å². The predicted octanol–water partition coefficient (Wildman–Crippen LogP) is 1.36. The standard InChI is InChI=1S/C10H16ClNO2/c1-8(11)10(14)12-5-2-3-9(7-13)4-6-12/h9,13H,1-7H2. The predicted molar refractivity (Wildman–Crippen MR) is 56.0 cm³/mol. The lowest BCUT2D eigenvalue weighted by Crippen LogP contribution is -2.31. The Balaban J connectivity index is 2.49. The molecule has 1 unspecified atom stereocenters. The molecule has 0 aromatic rings. The van der Waals surface area contributed by atoms with Gasteiger partial charge >= 0.3 is 0 Å². The molecule has 1 rings (SSSR count). The molecule has 1 saturated heterocycles. The van der Waals surface area contributed by atoms with Gasteiger partial charge in [-0.05, 0) is 25.2 Å². The zero-order valence-electron chi connectivity index (χ0n) is 8.21. The SMILES string of the molecule is C=C(Cl)C(=O)N1CCCC(CO)CC1. The van der Waals surface area contributed by atoms with Gasteiger partial charge in [-0.25, -0.2) is 0 Å². The van der Waals surface area contributed by atoms with Gasteiger partial charge in [-0.15, -0.1) is 0 Å². The molecule has 1 atom stereocenters. The van der Waals surface area contributed by atoms with Crippen LogP contribution in [0.5, 0.6) is 0 Å². The van der Waals surface area contributed by atoms with Crippen molar-refractivity contribution in [1.82, 2.24) is 4.90 Å². The van der Waals surface area contributed by atoms with Gasteiger partial charge < -0.3 is 10.0 Å². The summed E-state index contributed by atoms with van der Waals surface area (Å²) < 4.78 is 0. The summed E-state index contributed by atoms with van der Waals surface area (Å²) in [5, 5.41) is 9.08. The molecular formula is C10H16ClNO2. The average Bonchev–Trinajstić information content (AvgIpc) is 2.41. The summed E-state index contributed by atoms with van der Waals surface area (Å²) in [6, 6.07) is 0. The van der Waals surface area contributed by atoms with E-state index in [0.29, 0.717) is 12.5 Å². The summed E-state index contributed by atoms with van der Waals surface area (Å²) in [6.45, 7) is 5.04. The molecule has 1 fully saturated rings. The molecule has 1 N–H and O–H groups in total. The van der Waals surface area contributed by atoms with E-state index in [2.05, 4.69) is 6.58 Å². The molecule has 0 spiro atoms. The molecular weight excluding hydrogens is 202 g/mol. The molecule has 1 heterocycles. The largest absolute Gasteiger partial charge is 0.396 e. The summed E-state index contributed by atoms with van der Waals surface area (Å²) in [5.74, 6) is 0.154. The Bertz CT molecular complexity index is 230. The fraction of sp³-hybridized carbons (Fsp3) is 0.700. The maximum Gasteiger partial charge on any atom is 0.264 e. The Labute approximate surface area is 89.3 Å². The third-order valence-corrected chi connectivity index (χ3v) is 2.79. The van der Waals surface area contributed by atoms with Gasteiger partial charge in [0.25, 0.3) is 5.91 Å². The molecule has 1 aliphatic heterocycles. The number of carbonyl (C=O) groups is 1. The van der Waals surface area contributed by atoms with Crippen LogP contribution in [0.1, 0.15) is 19.3 Å². The van der Waals surface area contributed by atoms with Gasteiger partial charge in [0.1, 0.15) is 0 Å². The van der Waals surface area contributed by atoms with Crippen LogP contribution in [0.15, 0.2) is 11.6 Å². The molecule has 0 radical (unpaired) electrons. The lowest BCUT2D eigenvalue weighted by Gasteiger charge is -2.19. The lowest BCUT2D eigenvalue weighted by molar-refractivity contribution is -0.126. The minimum atomic E-state index is -0.176. The topological polar surface area (TPSA) is 40.5 Å². The quantitative estimate of drug-likeness (QED) is 0.710. The van der Waals surface area contributed by atoms with E-state index in [1.807, 2.05) is 0 Å². The fourth-order valence-electron chi connectivity index (χ4n) is 1.72. The number of carbonyl (C=O) groups excluding carboxylic acids is 1. The maximum absolute atomic E-state index is 11.5. The van der Waals surface area contributed by atoms with Crippen LogP contribution in [0, 0.1) is 5.92 Å². The Morgan fingerprint density at radius 1 is 1.50 bits per heavy atom. The van der Waals surface area contributed by atoms with Gasteiger partial charge in [-0.1, -0.05) is 18.2 Å². The third-order valence-electron chi connectivity index (χ3n) is 2.63. The zero-order chi connectivity index (χ0) is 10.6. The van der Waals surface area contributed by atoms with Crippen molar-refractivity contribution >= 4 is 17.5 Å². The molecule has 0 bridgehead atoms. The number of hydrogen-bond acceptors (Lipinski definition) is 2. The highest BCUT2D eigenvalue weighted by atomic mass is 35.5. The fourth-order valence-corrected chi connectivity index (χ4v) is 1.84. The van der Waals surface area contributed by atoms with E-state index < -0.39 is 0 Å². The van der Waals surface area contributed by atoms with Crippen molar-refractivity contribution in [2.75, 3.05) is 19.7 Å². The number of nitrogens with zero attached hydrogens (tertiary/aromatic N) is 1. The van der Waals surface area contributed by atoms with Gasteiger partial charge in [0.2, 0.25) is 0 Å². The maximum atomic E-state index is 11.5. The summed E-state index contributed by atoms with van der Waals surface area (Å²) >= 11 is 5.55. The zero-order valence-corrected chi connectivity index (χ0v) is 8.96. The van der Waals surface area contributed by atoms with Gasteiger partial charge in [0.15, 0.2) is 0 Å². The molecule has 1 aliphatic rings. The van der Waals surface area contributed by atoms with Crippen molar-refractivity contribution in [2.24, 2.45) is 5.92 Å². The number of aliphatic hydroxyl groups excluding tert-OH is 1. The molecule has 14 heavy (non-hydrogen) atoms. The van der Waals surface area contributed by atoms with Crippen LogP contribution in [0.4, 0.5) is 0 Å². The second kappa shape index (κ2) is 5.37. The molecule has 80 valence electrons. The molecule has 0 aromatic heterocycles. The summed E-state index contributed by atoms with van der Waals surface area (Å²) in [7, 11) is 0. The lowest BCUT2D eigenvalue weighted by atomic mass is 10.0. The van der Waals surface area contributed by atoms with E-state index in [0.717, 1.165) is 25.8 Å². The Morgan fingerprint density at radius 3 is 2.79 bits per heavy atom. The Hall–Kier alpha value is -0.540. The van der Waals surface area contributed by atoms with Crippen LogP contribution in [-0.2, 0) is 4.79 Å². The van der Waals surface area contributed by atoms with Gasteiger partial charge in [-0.3, -0.25) is 4.79 Å².